The van der Waals surface area contributed by atoms with Crippen LogP contribution in [0.5, 0.6) is 0 Å². The van der Waals surface area contributed by atoms with E-state index in [2.05, 4.69) is 4.98 Å². The van der Waals surface area contributed by atoms with Gasteiger partial charge in [-0.2, -0.15) is 0 Å². The van der Waals surface area contributed by atoms with E-state index in [1.54, 1.807) is 43.3 Å². The fourth-order valence-corrected chi connectivity index (χ4v) is 2.03. The summed E-state index contributed by atoms with van der Waals surface area (Å²) in [5, 5.41) is 0.420. The molecule has 0 spiro atoms. The van der Waals surface area contributed by atoms with E-state index in [0.29, 0.717) is 16.1 Å². The molecule has 2 rings (SSSR count). The van der Waals surface area contributed by atoms with Crippen molar-refractivity contribution in [1.82, 2.24) is 4.98 Å². The van der Waals surface area contributed by atoms with Crippen LogP contribution < -0.4 is 0 Å². The SMILES string of the molecule is CCOC(=O)/C(=C\c1cncc(Cl)c1)C(=O)c1ccccc1. The van der Waals surface area contributed by atoms with E-state index in [1.807, 2.05) is 0 Å². The molecule has 0 aliphatic rings. The van der Waals surface area contributed by atoms with E-state index < -0.39 is 11.8 Å². The summed E-state index contributed by atoms with van der Waals surface area (Å²) in [6, 6.07) is 10.2. The first-order valence-corrected chi connectivity index (χ1v) is 7.08. The highest BCUT2D eigenvalue weighted by Gasteiger charge is 2.21. The van der Waals surface area contributed by atoms with Crippen LogP contribution in [0.15, 0.2) is 54.4 Å². The highest BCUT2D eigenvalue weighted by Crippen LogP contribution is 2.16. The van der Waals surface area contributed by atoms with Gasteiger partial charge in [0, 0.05) is 18.0 Å². The topological polar surface area (TPSA) is 56.3 Å². The minimum atomic E-state index is -0.670. The van der Waals surface area contributed by atoms with E-state index >= 15 is 0 Å². The van der Waals surface area contributed by atoms with Gasteiger partial charge in [-0.3, -0.25) is 9.78 Å². The Morgan fingerprint density at radius 1 is 1.23 bits per heavy atom. The van der Waals surface area contributed by atoms with Crippen LogP contribution in [0.4, 0.5) is 0 Å². The second-order valence-corrected chi connectivity index (χ2v) is 4.85. The number of nitrogens with zero attached hydrogens (tertiary/aromatic N) is 1. The maximum Gasteiger partial charge on any atom is 0.342 e. The van der Waals surface area contributed by atoms with Crippen molar-refractivity contribution < 1.29 is 14.3 Å². The molecule has 0 N–H and O–H groups in total. The van der Waals surface area contributed by atoms with Gasteiger partial charge in [0.05, 0.1) is 11.6 Å². The Kier molecular flexibility index (Phi) is 5.44. The zero-order chi connectivity index (χ0) is 15.9. The Balaban J connectivity index is 2.43. The van der Waals surface area contributed by atoms with Gasteiger partial charge in [0.15, 0.2) is 5.78 Å². The van der Waals surface area contributed by atoms with Crippen LogP contribution in [-0.4, -0.2) is 23.3 Å². The minimum absolute atomic E-state index is 0.0582. The zero-order valence-corrected chi connectivity index (χ0v) is 12.7. The monoisotopic (exact) mass is 315 g/mol. The Hall–Kier alpha value is -2.46. The molecule has 0 amide bonds. The van der Waals surface area contributed by atoms with E-state index in [9.17, 15) is 9.59 Å². The number of esters is 1. The molecule has 0 atom stereocenters. The second kappa shape index (κ2) is 7.52. The van der Waals surface area contributed by atoms with Crippen molar-refractivity contribution in [2.24, 2.45) is 0 Å². The molecule has 22 heavy (non-hydrogen) atoms. The smallest absolute Gasteiger partial charge is 0.342 e. The molecule has 5 heteroatoms. The predicted molar refractivity (Wildman–Crippen MR) is 84.6 cm³/mol. The highest BCUT2D eigenvalue weighted by atomic mass is 35.5. The van der Waals surface area contributed by atoms with Gasteiger partial charge >= 0.3 is 5.97 Å². The third-order valence-corrected chi connectivity index (χ3v) is 3.02. The quantitative estimate of drug-likeness (QED) is 0.278. The van der Waals surface area contributed by atoms with Crippen molar-refractivity contribution in [3.05, 3.63) is 70.5 Å². The summed E-state index contributed by atoms with van der Waals surface area (Å²) in [6.07, 6.45) is 4.43. The van der Waals surface area contributed by atoms with Crippen molar-refractivity contribution in [3.63, 3.8) is 0 Å². The van der Waals surface area contributed by atoms with E-state index in [1.165, 1.54) is 18.5 Å². The molecule has 0 fully saturated rings. The highest BCUT2D eigenvalue weighted by molar-refractivity contribution is 6.30. The largest absolute Gasteiger partial charge is 0.462 e. The summed E-state index contributed by atoms with van der Waals surface area (Å²) in [5.41, 5.74) is 0.911. The number of halogens is 1. The first-order chi connectivity index (χ1) is 10.6. The number of ketones is 1. The standard InChI is InChI=1S/C17H14ClNO3/c1-2-22-17(21)15(9-12-8-14(18)11-19-10-12)16(20)13-6-4-3-5-7-13/h3-11H,2H2,1H3/b15-9-. The van der Waals surface area contributed by atoms with Gasteiger partial charge in [-0.05, 0) is 24.6 Å². The van der Waals surface area contributed by atoms with Crippen molar-refractivity contribution in [3.8, 4) is 0 Å². The fourth-order valence-electron chi connectivity index (χ4n) is 1.84. The zero-order valence-electron chi connectivity index (χ0n) is 12.0. The van der Waals surface area contributed by atoms with E-state index in [-0.39, 0.29) is 12.2 Å². The van der Waals surface area contributed by atoms with Crippen LogP contribution in [0.2, 0.25) is 5.02 Å². The van der Waals surface area contributed by atoms with Crippen LogP contribution in [0.3, 0.4) is 0 Å². The third kappa shape index (κ3) is 4.02. The molecule has 4 nitrogen and oxygen atoms in total. The average molecular weight is 316 g/mol. The van der Waals surface area contributed by atoms with Crippen LogP contribution in [0.1, 0.15) is 22.8 Å². The number of pyridine rings is 1. The number of benzene rings is 1. The average Bonchev–Trinajstić information content (AvgIpc) is 2.53. The van der Waals surface area contributed by atoms with E-state index in [0.717, 1.165) is 0 Å². The molecule has 0 bridgehead atoms. The number of carbonyl (C=O) groups is 2. The van der Waals surface area contributed by atoms with Crippen LogP contribution in [0.25, 0.3) is 6.08 Å². The first-order valence-electron chi connectivity index (χ1n) is 6.71. The lowest BCUT2D eigenvalue weighted by Crippen LogP contribution is -2.16. The lowest BCUT2D eigenvalue weighted by atomic mass is 10.0. The molecule has 0 aliphatic heterocycles. The maximum absolute atomic E-state index is 12.5. The van der Waals surface area contributed by atoms with Crippen LogP contribution >= 0.6 is 11.6 Å². The lowest BCUT2D eigenvalue weighted by molar-refractivity contribution is -0.137. The van der Waals surface area contributed by atoms with Gasteiger partial charge < -0.3 is 4.74 Å². The maximum atomic E-state index is 12.5. The minimum Gasteiger partial charge on any atom is -0.462 e. The Morgan fingerprint density at radius 3 is 2.59 bits per heavy atom. The molecule has 0 aliphatic carbocycles. The van der Waals surface area contributed by atoms with Crippen molar-refractivity contribution in [2.45, 2.75) is 6.92 Å². The van der Waals surface area contributed by atoms with Gasteiger partial charge in [-0.25, -0.2) is 4.79 Å². The van der Waals surface area contributed by atoms with Gasteiger partial charge in [-0.1, -0.05) is 41.9 Å². The van der Waals surface area contributed by atoms with Crippen molar-refractivity contribution in [2.75, 3.05) is 6.61 Å². The van der Waals surface area contributed by atoms with Gasteiger partial charge in [0.1, 0.15) is 5.57 Å². The number of hydrogen-bond donors (Lipinski definition) is 0. The summed E-state index contributed by atoms with van der Waals surface area (Å²) in [4.78, 5) is 28.5. The molecular weight excluding hydrogens is 302 g/mol. The molecular formula is C17H14ClNO3. The summed E-state index contributed by atoms with van der Waals surface area (Å²) >= 11 is 5.87. The van der Waals surface area contributed by atoms with Gasteiger partial charge in [0.2, 0.25) is 0 Å². The summed E-state index contributed by atoms with van der Waals surface area (Å²) < 4.78 is 4.97. The molecule has 0 saturated heterocycles. The Bertz CT molecular complexity index is 711. The fraction of sp³-hybridized carbons (Fsp3) is 0.118. The van der Waals surface area contributed by atoms with Crippen molar-refractivity contribution in [1.29, 1.82) is 0 Å². The Morgan fingerprint density at radius 2 is 1.95 bits per heavy atom. The number of rotatable bonds is 5. The summed E-state index contributed by atoms with van der Waals surface area (Å²) in [7, 11) is 0. The number of hydrogen-bond acceptors (Lipinski definition) is 4. The molecule has 1 heterocycles. The van der Waals surface area contributed by atoms with Crippen LogP contribution in [0, 0.1) is 0 Å². The molecule has 1 aromatic carbocycles. The normalized spacial score (nSPS) is 11.1. The number of Topliss-reactive ketones (excluding diaryl/α,β-unsaturated/α-hetero) is 1. The predicted octanol–water partition coefficient (Wildman–Crippen LogP) is 3.56. The second-order valence-electron chi connectivity index (χ2n) is 4.41. The molecule has 0 radical (unpaired) electrons. The molecule has 1 aromatic heterocycles. The number of ether oxygens (including phenoxy) is 1. The molecule has 0 unspecified atom stereocenters. The van der Waals surface area contributed by atoms with E-state index in [4.69, 9.17) is 16.3 Å². The summed E-state index contributed by atoms with van der Waals surface area (Å²) in [5.74, 6) is -1.07. The molecule has 0 saturated carbocycles. The Labute approximate surface area is 133 Å². The summed E-state index contributed by atoms with van der Waals surface area (Å²) in [6.45, 7) is 1.87. The van der Waals surface area contributed by atoms with Gasteiger partial charge in [-0.15, -0.1) is 0 Å². The molecule has 2 aromatic rings. The first kappa shape index (κ1) is 15.9. The lowest BCUT2D eigenvalue weighted by Gasteiger charge is -2.07. The number of carbonyl (C=O) groups excluding carboxylic acids is 2. The third-order valence-electron chi connectivity index (χ3n) is 2.81. The van der Waals surface area contributed by atoms with Gasteiger partial charge in [0.25, 0.3) is 0 Å². The van der Waals surface area contributed by atoms with Crippen LogP contribution in [-0.2, 0) is 9.53 Å². The number of aromatic nitrogens is 1. The van der Waals surface area contributed by atoms with Crippen molar-refractivity contribution >= 4 is 29.4 Å². The molecule has 112 valence electrons.